The Bertz CT molecular complexity index is 1670. The van der Waals surface area contributed by atoms with E-state index >= 15 is 0 Å². The van der Waals surface area contributed by atoms with Crippen molar-refractivity contribution in [3.63, 3.8) is 0 Å². The number of hydrogen-bond donors (Lipinski definition) is 4. The number of nitro benzene ring substituents is 2. The van der Waals surface area contributed by atoms with Crippen molar-refractivity contribution < 1.29 is 48.1 Å². The third kappa shape index (κ3) is 26.7. The van der Waals surface area contributed by atoms with Crippen LogP contribution in [0.5, 0.6) is 11.5 Å². The summed E-state index contributed by atoms with van der Waals surface area (Å²) < 4.78 is 10.5. The molecule has 0 saturated carbocycles. The van der Waals surface area contributed by atoms with Gasteiger partial charge in [-0.15, -0.1) is 0 Å². The minimum Gasteiger partial charge on any atom is -0.427 e. The zero-order valence-electron chi connectivity index (χ0n) is 38.4. The molecule has 0 unspecified atom stereocenters. The Morgan fingerprint density at radius 3 is 1.18 bits per heavy atom. The zero-order valence-corrected chi connectivity index (χ0v) is 40.0. The molecule has 0 aromatic heterocycles. The van der Waals surface area contributed by atoms with Crippen LogP contribution in [-0.4, -0.2) is 82.1 Å². The maximum atomic E-state index is 13.4. The molecule has 366 valence electrons. The summed E-state index contributed by atoms with van der Waals surface area (Å²) in [6.45, 7) is 4.86. The second kappa shape index (κ2) is 35.0. The van der Waals surface area contributed by atoms with Crippen molar-refractivity contribution in [2.75, 3.05) is 24.6 Å². The first-order valence-corrected chi connectivity index (χ1v) is 25.6. The van der Waals surface area contributed by atoms with Crippen LogP contribution in [0.4, 0.5) is 11.4 Å². The van der Waals surface area contributed by atoms with Crippen LogP contribution in [0.2, 0.25) is 0 Å². The molecule has 4 N–H and O–H groups in total. The number of carbonyl (C=O) groups is 6. The summed E-state index contributed by atoms with van der Waals surface area (Å²) in [5, 5.41) is 33.2. The molecule has 2 aromatic carbocycles. The molecule has 4 amide bonds. The highest BCUT2D eigenvalue weighted by Crippen LogP contribution is 2.24. The predicted octanol–water partition coefficient (Wildman–Crippen LogP) is 8.44. The Morgan fingerprint density at radius 1 is 0.500 bits per heavy atom. The van der Waals surface area contributed by atoms with Crippen LogP contribution in [0.25, 0.3) is 0 Å². The van der Waals surface area contributed by atoms with Crippen molar-refractivity contribution in [2.45, 2.75) is 154 Å². The Kier molecular flexibility index (Phi) is 30.2. The zero-order chi connectivity index (χ0) is 48.4. The average Bonchev–Trinajstić information content (AvgIpc) is 3.29. The van der Waals surface area contributed by atoms with Gasteiger partial charge in [-0.05, 0) is 62.8 Å². The van der Waals surface area contributed by atoms with Gasteiger partial charge in [-0.1, -0.05) is 99.6 Å². The second-order valence-electron chi connectivity index (χ2n) is 15.8. The Hall–Kier alpha value is -5.24. The fourth-order valence-electron chi connectivity index (χ4n) is 6.36. The van der Waals surface area contributed by atoms with Gasteiger partial charge in [-0.3, -0.25) is 49.0 Å². The van der Waals surface area contributed by atoms with Gasteiger partial charge in [0.05, 0.1) is 9.85 Å². The van der Waals surface area contributed by atoms with Crippen LogP contribution in [0.3, 0.4) is 0 Å². The van der Waals surface area contributed by atoms with Crippen molar-refractivity contribution in [3.8, 4) is 11.5 Å². The number of hydrogen-bond acceptors (Lipinski definition) is 14. The molecule has 0 fully saturated rings. The van der Waals surface area contributed by atoms with E-state index in [1.54, 1.807) is 0 Å². The molecule has 0 spiro atoms. The van der Waals surface area contributed by atoms with Gasteiger partial charge in [-0.25, -0.2) is 0 Å². The fraction of sp³-hybridized carbons (Fsp3) is 0.609. The van der Waals surface area contributed by atoms with E-state index in [0.717, 1.165) is 51.4 Å². The highest BCUT2D eigenvalue weighted by molar-refractivity contribution is 8.76. The molecular weight excluding hydrogens is 893 g/mol. The van der Waals surface area contributed by atoms with E-state index in [2.05, 4.69) is 35.1 Å². The minimum atomic E-state index is -0.848. The maximum absolute atomic E-state index is 13.4. The van der Waals surface area contributed by atoms with E-state index in [9.17, 15) is 49.0 Å². The van der Waals surface area contributed by atoms with Crippen molar-refractivity contribution >= 4 is 68.5 Å². The van der Waals surface area contributed by atoms with Crippen LogP contribution in [0, 0.1) is 20.2 Å². The molecular formula is C46H68N6O12S2. The molecule has 66 heavy (non-hydrogen) atoms. The Labute approximate surface area is 395 Å². The predicted molar refractivity (Wildman–Crippen MR) is 256 cm³/mol. The monoisotopic (exact) mass is 960 g/mol. The number of non-ortho nitro benzene ring substituents is 2. The fourth-order valence-corrected chi connectivity index (χ4v) is 8.69. The summed E-state index contributed by atoms with van der Waals surface area (Å²) in [7, 11) is 2.62. The second-order valence-corrected chi connectivity index (χ2v) is 18.3. The Morgan fingerprint density at radius 2 is 0.833 bits per heavy atom. The summed E-state index contributed by atoms with van der Waals surface area (Å²) >= 11 is 0. The maximum Gasteiger partial charge on any atom is 0.311 e. The Balaban J connectivity index is 1.88. The molecule has 2 atom stereocenters. The number of rotatable bonds is 37. The van der Waals surface area contributed by atoms with E-state index in [4.69, 9.17) is 9.47 Å². The lowest BCUT2D eigenvalue weighted by atomic mass is 10.1. The molecule has 0 radical (unpaired) electrons. The lowest BCUT2D eigenvalue weighted by Crippen LogP contribution is -2.49. The molecule has 0 aliphatic rings. The van der Waals surface area contributed by atoms with Gasteiger partial charge in [0.25, 0.3) is 11.4 Å². The smallest absolute Gasteiger partial charge is 0.311 e. The first-order chi connectivity index (χ1) is 31.8. The van der Waals surface area contributed by atoms with Crippen molar-refractivity contribution in [1.29, 1.82) is 0 Å². The number of nitro groups is 2. The van der Waals surface area contributed by atoms with Gasteiger partial charge in [-0.2, -0.15) is 0 Å². The highest BCUT2D eigenvalue weighted by atomic mass is 33.1. The van der Waals surface area contributed by atoms with Gasteiger partial charge in [0, 0.05) is 74.5 Å². The largest absolute Gasteiger partial charge is 0.427 e. The quantitative estimate of drug-likeness (QED) is 0.0124. The van der Waals surface area contributed by atoms with Crippen LogP contribution in [0.15, 0.2) is 48.5 Å². The molecule has 2 rings (SSSR count). The molecule has 18 nitrogen and oxygen atoms in total. The molecule has 0 bridgehead atoms. The van der Waals surface area contributed by atoms with Crippen LogP contribution < -0.4 is 30.7 Å². The average molecular weight is 961 g/mol. The van der Waals surface area contributed by atoms with E-state index < -0.39 is 33.9 Å². The molecule has 2 aromatic rings. The van der Waals surface area contributed by atoms with E-state index in [1.165, 1.54) is 70.1 Å². The first-order valence-electron chi connectivity index (χ1n) is 23.1. The number of nitrogens with zero attached hydrogens (tertiary/aromatic N) is 2. The molecule has 20 heteroatoms. The van der Waals surface area contributed by atoms with Crippen molar-refractivity contribution in [2.24, 2.45) is 0 Å². The molecule has 0 heterocycles. The van der Waals surface area contributed by atoms with Crippen LogP contribution in [-0.2, 0) is 28.8 Å². The van der Waals surface area contributed by atoms with Gasteiger partial charge < -0.3 is 30.7 Å². The number of ether oxygens (including phenoxy) is 2. The SMILES string of the molecule is CCCCCCCC(=O)N[C@@H](CSSC[C@H](NC(=O)CCCCCCC)C(=O)NCCCCCC(=O)Oc1ccc([N+](=O)[O-])cc1)C(=O)NCCCCCC(=O)Oc1ccc([N+](=O)[O-])cc1. The summed E-state index contributed by atoms with van der Waals surface area (Å²) in [5.74, 6) is -1.27. The van der Waals surface area contributed by atoms with Gasteiger partial charge in [0.1, 0.15) is 23.6 Å². The lowest BCUT2D eigenvalue weighted by molar-refractivity contribution is -0.385. The summed E-state index contributed by atoms with van der Waals surface area (Å²) in [6.07, 6.45) is 13.9. The molecule has 0 saturated heterocycles. The number of unbranched alkanes of at least 4 members (excludes halogenated alkanes) is 12. The van der Waals surface area contributed by atoms with Gasteiger partial charge in [0.2, 0.25) is 23.6 Å². The number of amides is 4. The summed E-state index contributed by atoms with van der Waals surface area (Å²) in [6, 6.07) is 8.78. The van der Waals surface area contributed by atoms with E-state index in [-0.39, 0.29) is 70.8 Å². The molecule has 0 aliphatic heterocycles. The number of nitrogens with one attached hydrogen (secondary N) is 4. The van der Waals surface area contributed by atoms with Crippen molar-refractivity contribution in [1.82, 2.24) is 21.3 Å². The summed E-state index contributed by atoms with van der Waals surface area (Å²) in [5.41, 5.74) is -0.217. The number of esters is 2. The number of benzene rings is 2. The highest BCUT2D eigenvalue weighted by Gasteiger charge is 2.24. The summed E-state index contributed by atoms with van der Waals surface area (Å²) in [4.78, 5) is 97.7. The third-order valence-corrected chi connectivity index (χ3v) is 12.6. The van der Waals surface area contributed by atoms with E-state index in [1.807, 2.05) is 0 Å². The first kappa shape index (κ1) is 56.9. The van der Waals surface area contributed by atoms with Crippen molar-refractivity contribution in [3.05, 3.63) is 68.8 Å². The number of carbonyl (C=O) groups excluding carboxylic acids is 6. The molecule has 0 aliphatic carbocycles. The standard InChI is InChI=1S/C46H68N6O12S2/c1-3-5-7-9-13-19-41(53)49-39(45(57)47-31-17-11-15-21-43(55)63-37-27-23-35(24-28-37)51(59)60)33-65-66-34-40(50-42(54)20-14-10-8-6-4-2)46(58)48-32-18-12-16-22-44(56)64-38-29-25-36(26-30-38)52(61)62/h23-30,39-40H,3-22,31-34H2,1-2H3,(H,47,57)(H,48,58)(H,49,53)(H,50,54)/t39-,40-/m0/s1. The van der Waals surface area contributed by atoms with E-state index in [0.29, 0.717) is 77.3 Å². The normalized spacial score (nSPS) is 11.7. The third-order valence-electron chi connectivity index (χ3n) is 10.1. The van der Waals surface area contributed by atoms with Gasteiger partial charge >= 0.3 is 11.9 Å². The minimum absolute atomic E-state index is 0.109. The van der Waals surface area contributed by atoms with Gasteiger partial charge in [0.15, 0.2) is 0 Å². The van der Waals surface area contributed by atoms with Crippen LogP contribution in [0.1, 0.15) is 142 Å². The van der Waals surface area contributed by atoms with Crippen LogP contribution >= 0.6 is 21.6 Å². The topological polar surface area (TPSA) is 255 Å². The lowest BCUT2D eigenvalue weighted by Gasteiger charge is -2.20.